The number of benzene rings is 1. The van der Waals surface area contributed by atoms with Crippen molar-refractivity contribution in [3.05, 3.63) is 33.7 Å². The van der Waals surface area contributed by atoms with Gasteiger partial charge < -0.3 is 25.4 Å². The minimum atomic E-state index is -0.808. The van der Waals surface area contributed by atoms with E-state index in [2.05, 4.69) is 61.6 Å². The zero-order valence-corrected chi connectivity index (χ0v) is 21.5. The number of aromatic hydroxyl groups is 1. The summed E-state index contributed by atoms with van der Waals surface area (Å²) in [5.41, 5.74) is 1.44. The highest BCUT2D eigenvalue weighted by molar-refractivity contribution is 14.1. The summed E-state index contributed by atoms with van der Waals surface area (Å²) in [4.78, 5) is 14.0. The highest BCUT2D eigenvalue weighted by Crippen LogP contribution is 2.28. The number of anilines is 2. The zero-order valence-electron chi connectivity index (χ0n) is 19.4. The highest BCUT2D eigenvalue weighted by atomic mass is 127. The molecular weight excluding hydrogens is 519 g/mol. The monoisotopic (exact) mass is 552 g/mol. The number of phenolic OH excluding ortho intramolecular Hbond substituents is 1. The van der Waals surface area contributed by atoms with Crippen LogP contribution in [0.5, 0.6) is 5.75 Å². The van der Waals surface area contributed by atoms with Crippen LogP contribution < -0.4 is 10.6 Å². The lowest BCUT2D eigenvalue weighted by atomic mass is 9.93. The van der Waals surface area contributed by atoms with Crippen LogP contribution in [-0.2, 0) is 6.54 Å². The fraction of sp³-hybridized carbons (Fsp3) is 0.522. The van der Waals surface area contributed by atoms with Crippen LogP contribution in [0.2, 0.25) is 0 Å². The first kappa shape index (κ1) is 24.5. The van der Waals surface area contributed by atoms with Crippen molar-refractivity contribution in [2.45, 2.75) is 65.6 Å². The maximum atomic E-state index is 10.3. The molecule has 1 aromatic carbocycles. The molecule has 3 aromatic rings. The van der Waals surface area contributed by atoms with Crippen molar-refractivity contribution in [2.75, 3.05) is 17.2 Å². The number of hydrogen-bond donors (Lipinski definition) is 4. The van der Waals surface area contributed by atoms with Crippen molar-refractivity contribution in [1.29, 1.82) is 0 Å². The van der Waals surface area contributed by atoms with Gasteiger partial charge in [-0.25, -0.2) is 4.98 Å². The van der Waals surface area contributed by atoms with E-state index in [4.69, 9.17) is 4.98 Å². The lowest BCUT2D eigenvalue weighted by Gasteiger charge is -2.26. The molecular formula is C23H33IN6O2. The van der Waals surface area contributed by atoms with Crippen molar-refractivity contribution in [3.8, 4) is 5.75 Å². The molecule has 0 fully saturated rings. The SMILES string of the molecule is CCC(CC)n1cnc2c(NCc3cc(I)ccc3O)nc(NCC(C)C(C)(C)O)nc21. The van der Waals surface area contributed by atoms with Gasteiger partial charge in [-0.2, -0.15) is 9.97 Å². The largest absolute Gasteiger partial charge is 0.508 e. The van der Waals surface area contributed by atoms with Crippen LogP contribution in [0.1, 0.15) is 59.1 Å². The fourth-order valence-electron chi connectivity index (χ4n) is 3.44. The van der Waals surface area contributed by atoms with E-state index >= 15 is 0 Å². The summed E-state index contributed by atoms with van der Waals surface area (Å²) in [6, 6.07) is 5.80. The number of nitrogens with one attached hydrogen (secondary N) is 2. The van der Waals surface area contributed by atoms with E-state index in [0.717, 1.165) is 27.6 Å². The second-order valence-corrected chi connectivity index (χ2v) is 10.00. The molecule has 9 heteroatoms. The molecule has 1 atom stereocenters. The first-order valence-electron chi connectivity index (χ1n) is 11.1. The topological polar surface area (TPSA) is 108 Å². The van der Waals surface area contributed by atoms with E-state index in [1.807, 2.05) is 25.4 Å². The van der Waals surface area contributed by atoms with Gasteiger partial charge in [0.05, 0.1) is 11.9 Å². The molecule has 4 N–H and O–H groups in total. The lowest BCUT2D eigenvalue weighted by Crippen LogP contribution is -2.33. The Morgan fingerprint density at radius 1 is 1.16 bits per heavy atom. The van der Waals surface area contributed by atoms with Gasteiger partial charge in [-0.1, -0.05) is 20.8 Å². The van der Waals surface area contributed by atoms with Crippen LogP contribution in [0.15, 0.2) is 24.5 Å². The third-order valence-electron chi connectivity index (χ3n) is 6.02. The molecule has 0 aliphatic rings. The van der Waals surface area contributed by atoms with Gasteiger partial charge in [0.1, 0.15) is 5.75 Å². The first-order chi connectivity index (χ1) is 15.1. The van der Waals surface area contributed by atoms with E-state index in [0.29, 0.717) is 36.4 Å². The summed E-state index contributed by atoms with van der Waals surface area (Å²) in [5, 5.41) is 27.1. The number of aliphatic hydroxyl groups is 1. The summed E-state index contributed by atoms with van der Waals surface area (Å²) >= 11 is 2.23. The van der Waals surface area contributed by atoms with Gasteiger partial charge in [-0.3, -0.25) is 0 Å². The number of hydrogen-bond acceptors (Lipinski definition) is 7. The van der Waals surface area contributed by atoms with E-state index in [1.54, 1.807) is 19.9 Å². The summed E-state index contributed by atoms with van der Waals surface area (Å²) in [6.07, 6.45) is 3.78. The Kier molecular flexibility index (Phi) is 7.81. The highest BCUT2D eigenvalue weighted by Gasteiger charge is 2.23. The van der Waals surface area contributed by atoms with Crippen molar-refractivity contribution in [3.63, 3.8) is 0 Å². The predicted octanol–water partition coefficient (Wildman–Crippen LogP) is 4.93. The minimum Gasteiger partial charge on any atom is -0.508 e. The first-order valence-corrected chi connectivity index (χ1v) is 12.1. The molecule has 0 amide bonds. The molecule has 2 aromatic heterocycles. The van der Waals surface area contributed by atoms with Crippen LogP contribution in [0.25, 0.3) is 11.2 Å². The fourth-order valence-corrected chi connectivity index (χ4v) is 3.99. The second kappa shape index (κ2) is 10.2. The Bertz CT molecular complexity index is 1060. The Labute approximate surface area is 203 Å². The van der Waals surface area contributed by atoms with E-state index < -0.39 is 5.60 Å². The second-order valence-electron chi connectivity index (χ2n) is 8.75. The van der Waals surface area contributed by atoms with Crippen LogP contribution in [0.4, 0.5) is 11.8 Å². The minimum absolute atomic E-state index is 0.00508. The van der Waals surface area contributed by atoms with Crippen LogP contribution in [0, 0.1) is 9.49 Å². The molecule has 0 spiro atoms. The van der Waals surface area contributed by atoms with Crippen LogP contribution >= 0.6 is 22.6 Å². The number of imidazole rings is 1. The van der Waals surface area contributed by atoms with Gasteiger partial charge in [-0.05, 0) is 67.5 Å². The number of halogens is 1. The molecule has 0 saturated heterocycles. The quantitative estimate of drug-likeness (QED) is 0.264. The van der Waals surface area contributed by atoms with Crippen molar-refractivity contribution < 1.29 is 10.2 Å². The predicted molar refractivity (Wildman–Crippen MR) is 137 cm³/mol. The molecule has 174 valence electrons. The van der Waals surface area contributed by atoms with Crippen molar-refractivity contribution >= 4 is 45.5 Å². The Hall–Kier alpha value is -2.14. The average molecular weight is 552 g/mol. The van der Waals surface area contributed by atoms with Gasteiger partial charge in [0.25, 0.3) is 0 Å². The number of aromatic nitrogens is 4. The molecule has 0 saturated carbocycles. The average Bonchev–Trinajstić information content (AvgIpc) is 3.16. The number of rotatable bonds is 10. The smallest absolute Gasteiger partial charge is 0.226 e. The third kappa shape index (κ3) is 5.61. The number of nitrogens with zero attached hydrogens (tertiary/aromatic N) is 4. The van der Waals surface area contributed by atoms with Crippen molar-refractivity contribution in [2.24, 2.45) is 5.92 Å². The summed E-state index contributed by atoms with van der Waals surface area (Å²) < 4.78 is 3.15. The molecule has 1 unspecified atom stereocenters. The standard InChI is InChI=1S/C23H33IN6O2/c1-6-17(7-2)30-13-27-19-20(25-12-15-10-16(24)8-9-18(15)31)28-22(29-21(19)30)26-11-14(3)23(4,5)32/h8-10,13-14,17,31-32H,6-7,11-12H2,1-5H3,(H2,25,26,28,29). The van der Waals surface area contributed by atoms with E-state index in [1.165, 1.54) is 0 Å². The Morgan fingerprint density at radius 3 is 2.53 bits per heavy atom. The van der Waals surface area contributed by atoms with E-state index in [9.17, 15) is 10.2 Å². The Morgan fingerprint density at radius 2 is 1.88 bits per heavy atom. The van der Waals surface area contributed by atoms with Gasteiger partial charge >= 0.3 is 0 Å². The summed E-state index contributed by atoms with van der Waals surface area (Å²) in [7, 11) is 0. The number of fused-ring (bicyclic) bond motifs is 1. The molecule has 0 aliphatic carbocycles. The van der Waals surface area contributed by atoms with Crippen LogP contribution in [0.3, 0.4) is 0 Å². The maximum absolute atomic E-state index is 10.3. The number of phenols is 1. The van der Waals surface area contributed by atoms with Crippen LogP contribution in [-0.4, -0.2) is 41.9 Å². The van der Waals surface area contributed by atoms with Gasteiger partial charge in [-0.15, -0.1) is 0 Å². The molecule has 2 heterocycles. The van der Waals surface area contributed by atoms with Gasteiger partial charge in [0.2, 0.25) is 5.95 Å². The lowest BCUT2D eigenvalue weighted by molar-refractivity contribution is 0.0303. The Balaban J connectivity index is 1.96. The molecule has 32 heavy (non-hydrogen) atoms. The van der Waals surface area contributed by atoms with E-state index in [-0.39, 0.29) is 11.7 Å². The molecule has 3 rings (SSSR count). The molecule has 8 nitrogen and oxygen atoms in total. The van der Waals surface area contributed by atoms with Gasteiger partial charge in [0.15, 0.2) is 17.0 Å². The van der Waals surface area contributed by atoms with Crippen molar-refractivity contribution in [1.82, 2.24) is 19.5 Å². The molecule has 0 bridgehead atoms. The maximum Gasteiger partial charge on any atom is 0.226 e. The molecule has 0 aliphatic heterocycles. The normalized spacial score (nSPS) is 13.0. The molecule has 0 radical (unpaired) electrons. The van der Waals surface area contributed by atoms with Gasteiger partial charge in [0, 0.05) is 34.2 Å². The zero-order chi connectivity index (χ0) is 23.5. The summed E-state index contributed by atoms with van der Waals surface area (Å²) in [5.74, 6) is 1.33. The third-order valence-corrected chi connectivity index (χ3v) is 6.69. The summed E-state index contributed by atoms with van der Waals surface area (Å²) in [6.45, 7) is 10.8.